The minimum Gasteiger partial charge on any atom is -0.481 e. The van der Waals surface area contributed by atoms with Gasteiger partial charge in [-0.15, -0.1) is 0 Å². The van der Waals surface area contributed by atoms with Crippen LogP contribution in [0, 0.1) is 11.8 Å². The average Bonchev–Trinajstić information content (AvgIpc) is 2.87. The van der Waals surface area contributed by atoms with E-state index < -0.39 is 11.9 Å². The molecule has 0 bridgehead atoms. The molecule has 0 aromatic heterocycles. The largest absolute Gasteiger partial charge is 0.481 e. The lowest BCUT2D eigenvalue weighted by Gasteiger charge is -2.17. The molecule has 0 radical (unpaired) electrons. The lowest BCUT2D eigenvalue weighted by atomic mass is 9.99. The number of fused-ring (bicyclic) bond motifs is 1. The van der Waals surface area contributed by atoms with Crippen LogP contribution in [-0.2, 0) is 4.79 Å². The fourth-order valence-electron chi connectivity index (χ4n) is 3.08. The Bertz CT molecular complexity index is 759. The zero-order chi connectivity index (χ0) is 15.9. The van der Waals surface area contributed by atoms with Gasteiger partial charge in [0, 0.05) is 23.1 Å². The molecule has 114 valence electrons. The van der Waals surface area contributed by atoms with Gasteiger partial charge in [-0.3, -0.25) is 9.59 Å². The van der Waals surface area contributed by atoms with E-state index in [1.165, 1.54) is 0 Å². The van der Waals surface area contributed by atoms with E-state index in [-0.39, 0.29) is 18.4 Å². The number of carbonyl (C=O) groups excluding carboxylic acids is 1. The first-order chi connectivity index (χ1) is 10.5. The second-order valence-corrected chi connectivity index (χ2v) is 6.72. The standard InChI is InChI=1S/C17H16BrNO3/c1-10-8-19(9-15(10)17(21)22)16(20)14-7-12(18)6-11-4-2-3-5-13(11)14/h2-7,10,15H,8-9H2,1H3,(H,21,22)/t10-,15-/m1/s1. The molecule has 22 heavy (non-hydrogen) atoms. The lowest BCUT2D eigenvalue weighted by Crippen LogP contribution is -2.30. The van der Waals surface area contributed by atoms with Crippen molar-refractivity contribution in [3.05, 3.63) is 46.4 Å². The summed E-state index contributed by atoms with van der Waals surface area (Å²) in [5.41, 5.74) is 0.614. The van der Waals surface area contributed by atoms with Crippen molar-refractivity contribution in [3.8, 4) is 0 Å². The van der Waals surface area contributed by atoms with Crippen LogP contribution in [0.25, 0.3) is 10.8 Å². The maximum atomic E-state index is 12.8. The Labute approximate surface area is 136 Å². The number of hydrogen-bond donors (Lipinski definition) is 1. The molecule has 5 heteroatoms. The first-order valence-electron chi connectivity index (χ1n) is 7.17. The van der Waals surface area contributed by atoms with Crippen molar-refractivity contribution >= 4 is 38.6 Å². The van der Waals surface area contributed by atoms with Gasteiger partial charge in [0.1, 0.15) is 0 Å². The van der Waals surface area contributed by atoms with E-state index in [4.69, 9.17) is 0 Å². The Morgan fingerprint density at radius 1 is 1.23 bits per heavy atom. The van der Waals surface area contributed by atoms with Gasteiger partial charge in [0.2, 0.25) is 0 Å². The molecular weight excluding hydrogens is 346 g/mol. The fourth-order valence-corrected chi connectivity index (χ4v) is 3.55. The zero-order valence-corrected chi connectivity index (χ0v) is 13.7. The van der Waals surface area contributed by atoms with Crippen molar-refractivity contribution in [2.45, 2.75) is 6.92 Å². The molecule has 0 unspecified atom stereocenters. The number of amides is 1. The zero-order valence-electron chi connectivity index (χ0n) is 12.1. The number of carboxylic acids is 1. The molecular formula is C17H16BrNO3. The van der Waals surface area contributed by atoms with Gasteiger partial charge < -0.3 is 10.0 Å². The third-order valence-electron chi connectivity index (χ3n) is 4.27. The van der Waals surface area contributed by atoms with Crippen LogP contribution in [0.1, 0.15) is 17.3 Å². The maximum Gasteiger partial charge on any atom is 0.308 e. The molecule has 1 heterocycles. The van der Waals surface area contributed by atoms with Crippen molar-refractivity contribution in [2.75, 3.05) is 13.1 Å². The normalized spacial score (nSPS) is 21.3. The van der Waals surface area contributed by atoms with Crippen LogP contribution < -0.4 is 0 Å². The van der Waals surface area contributed by atoms with Crippen LogP contribution in [-0.4, -0.2) is 35.0 Å². The second kappa shape index (κ2) is 5.72. The predicted octanol–water partition coefficient (Wildman–Crippen LogP) is 3.40. The number of hydrogen-bond acceptors (Lipinski definition) is 2. The van der Waals surface area contributed by atoms with E-state index in [1.54, 1.807) is 4.90 Å². The number of likely N-dealkylation sites (tertiary alicyclic amines) is 1. The number of carboxylic acid groups (broad SMARTS) is 1. The summed E-state index contributed by atoms with van der Waals surface area (Å²) in [6, 6.07) is 11.5. The summed E-state index contributed by atoms with van der Waals surface area (Å²) < 4.78 is 0.844. The molecule has 1 aliphatic heterocycles. The van der Waals surface area contributed by atoms with E-state index in [9.17, 15) is 14.7 Å². The molecule has 0 spiro atoms. The third kappa shape index (κ3) is 2.61. The van der Waals surface area contributed by atoms with E-state index in [1.807, 2.05) is 43.3 Å². The van der Waals surface area contributed by atoms with Gasteiger partial charge in [-0.1, -0.05) is 47.1 Å². The molecule has 4 nitrogen and oxygen atoms in total. The van der Waals surface area contributed by atoms with Crippen molar-refractivity contribution in [2.24, 2.45) is 11.8 Å². The van der Waals surface area contributed by atoms with E-state index in [0.717, 1.165) is 15.2 Å². The fraction of sp³-hybridized carbons (Fsp3) is 0.294. The second-order valence-electron chi connectivity index (χ2n) is 5.81. The van der Waals surface area contributed by atoms with Crippen LogP contribution >= 0.6 is 15.9 Å². The Balaban J connectivity index is 1.98. The number of rotatable bonds is 2. The molecule has 2 aromatic carbocycles. The molecule has 1 fully saturated rings. The monoisotopic (exact) mass is 361 g/mol. The van der Waals surface area contributed by atoms with Crippen LogP contribution in [0.15, 0.2) is 40.9 Å². The third-order valence-corrected chi connectivity index (χ3v) is 4.73. The maximum absolute atomic E-state index is 12.8. The Kier molecular flexibility index (Phi) is 3.91. The lowest BCUT2D eigenvalue weighted by molar-refractivity contribution is -0.142. The highest BCUT2D eigenvalue weighted by Crippen LogP contribution is 2.29. The van der Waals surface area contributed by atoms with Gasteiger partial charge in [0.15, 0.2) is 0 Å². The molecule has 1 N–H and O–H groups in total. The number of nitrogens with zero attached hydrogens (tertiary/aromatic N) is 1. The summed E-state index contributed by atoms with van der Waals surface area (Å²) in [5, 5.41) is 11.1. The van der Waals surface area contributed by atoms with Crippen molar-refractivity contribution in [1.82, 2.24) is 4.90 Å². The molecule has 0 saturated carbocycles. The van der Waals surface area contributed by atoms with E-state index >= 15 is 0 Å². The van der Waals surface area contributed by atoms with Crippen LogP contribution in [0.5, 0.6) is 0 Å². The molecule has 1 saturated heterocycles. The highest BCUT2D eigenvalue weighted by Gasteiger charge is 2.37. The summed E-state index contributed by atoms with van der Waals surface area (Å²) in [6.07, 6.45) is 0. The van der Waals surface area contributed by atoms with Crippen molar-refractivity contribution < 1.29 is 14.7 Å². The van der Waals surface area contributed by atoms with Gasteiger partial charge in [0.05, 0.1) is 5.92 Å². The van der Waals surface area contributed by atoms with Gasteiger partial charge in [0.25, 0.3) is 5.91 Å². The topological polar surface area (TPSA) is 57.6 Å². The molecule has 0 aliphatic carbocycles. The quantitative estimate of drug-likeness (QED) is 0.891. The van der Waals surface area contributed by atoms with Gasteiger partial charge in [-0.25, -0.2) is 0 Å². The van der Waals surface area contributed by atoms with Gasteiger partial charge in [-0.05, 0) is 28.8 Å². The van der Waals surface area contributed by atoms with E-state index in [0.29, 0.717) is 12.1 Å². The summed E-state index contributed by atoms with van der Waals surface area (Å²) in [4.78, 5) is 25.7. The van der Waals surface area contributed by atoms with Crippen LogP contribution in [0.4, 0.5) is 0 Å². The molecule has 2 aromatic rings. The Hall–Kier alpha value is -1.88. The Morgan fingerprint density at radius 3 is 2.64 bits per heavy atom. The molecule has 2 atom stereocenters. The smallest absolute Gasteiger partial charge is 0.308 e. The molecule has 1 aliphatic rings. The van der Waals surface area contributed by atoms with Crippen molar-refractivity contribution in [1.29, 1.82) is 0 Å². The SMILES string of the molecule is C[C@@H]1CN(C(=O)c2cc(Br)cc3ccccc23)C[C@H]1C(=O)O. The molecule has 3 rings (SSSR count). The summed E-state index contributed by atoms with van der Waals surface area (Å²) >= 11 is 3.44. The van der Waals surface area contributed by atoms with Crippen LogP contribution in [0.2, 0.25) is 0 Å². The minimum atomic E-state index is -0.832. The summed E-state index contributed by atoms with van der Waals surface area (Å²) in [7, 11) is 0. The van der Waals surface area contributed by atoms with Gasteiger partial charge in [-0.2, -0.15) is 0 Å². The van der Waals surface area contributed by atoms with Crippen molar-refractivity contribution in [3.63, 3.8) is 0 Å². The Morgan fingerprint density at radius 2 is 1.95 bits per heavy atom. The first-order valence-corrected chi connectivity index (χ1v) is 7.97. The summed E-state index contributed by atoms with van der Waals surface area (Å²) in [6.45, 7) is 2.64. The highest BCUT2D eigenvalue weighted by atomic mass is 79.9. The van der Waals surface area contributed by atoms with Crippen LogP contribution in [0.3, 0.4) is 0 Å². The van der Waals surface area contributed by atoms with E-state index in [2.05, 4.69) is 15.9 Å². The predicted molar refractivity (Wildman–Crippen MR) is 87.8 cm³/mol. The number of aliphatic carboxylic acids is 1. The highest BCUT2D eigenvalue weighted by molar-refractivity contribution is 9.10. The number of benzene rings is 2. The first kappa shape index (κ1) is 15.0. The average molecular weight is 362 g/mol. The number of carbonyl (C=O) groups is 2. The minimum absolute atomic E-state index is 0.0279. The number of halogens is 1. The summed E-state index contributed by atoms with van der Waals surface area (Å²) in [5.74, 6) is -1.45. The van der Waals surface area contributed by atoms with Gasteiger partial charge >= 0.3 is 5.97 Å². The molecule has 1 amide bonds.